The van der Waals surface area contributed by atoms with E-state index in [1.165, 1.54) is 30.4 Å². The lowest BCUT2D eigenvalue weighted by molar-refractivity contribution is -0.274. The number of anilines is 1. The molecule has 0 spiro atoms. The maximum absolute atomic E-state index is 12.2. The van der Waals surface area contributed by atoms with E-state index in [1.54, 1.807) is 23.7 Å². The molecule has 6 nitrogen and oxygen atoms in total. The highest BCUT2D eigenvalue weighted by Gasteiger charge is 2.31. The van der Waals surface area contributed by atoms with E-state index in [0.717, 1.165) is 22.3 Å². The number of amides is 1. The minimum absolute atomic E-state index is 0.230. The Morgan fingerprint density at radius 2 is 1.86 bits per heavy atom. The summed E-state index contributed by atoms with van der Waals surface area (Å²) in [6.07, 6.45) is -5.91. The minimum atomic E-state index is -4.80. The van der Waals surface area contributed by atoms with Crippen LogP contribution < -0.4 is 10.1 Å². The summed E-state index contributed by atoms with van der Waals surface area (Å²) in [6.45, 7) is 1.39. The van der Waals surface area contributed by atoms with Crippen LogP contribution in [0.25, 0.3) is 10.2 Å². The maximum atomic E-state index is 12.2. The largest absolute Gasteiger partial charge is 0.573 e. The molecule has 146 valence electrons. The predicted octanol–water partition coefficient (Wildman–Crippen LogP) is 4.38. The fourth-order valence-corrected chi connectivity index (χ4v) is 2.96. The van der Waals surface area contributed by atoms with E-state index in [0.29, 0.717) is 0 Å². The summed E-state index contributed by atoms with van der Waals surface area (Å²) in [5, 5.41) is 2.45. The lowest BCUT2D eigenvalue weighted by atomic mass is 10.2. The molecular formula is C18H13F3N2O4S. The second-order valence-electron chi connectivity index (χ2n) is 5.64. The number of hydrogen-bond donors (Lipinski definition) is 1. The van der Waals surface area contributed by atoms with Crippen molar-refractivity contribution in [3.63, 3.8) is 0 Å². The number of nitrogens with zero attached hydrogens (tertiary/aromatic N) is 1. The summed E-state index contributed by atoms with van der Waals surface area (Å²) in [6, 6.07) is 9.45. The molecule has 10 heteroatoms. The van der Waals surface area contributed by atoms with Gasteiger partial charge < -0.3 is 14.8 Å². The van der Waals surface area contributed by atoms with Crippen LogP contribution in [0.15, 0.2) is 48.0 Å². The van der Waals surface area contributed by atoms with Crippen molar-refractivity contribution in [1.82, 2.24) is 4.98 Å². The third-order valence-electron chi connectivity index (χ3n) is 3.58. The van der Waals surface area contributed by atoms with Crippen LogP contribution in [-0.4, -0.2) is 29.3 Å². The van der Waals surface area contributed by atoms with Gasteiger partial charge in [-0.1, -0.05) is 0 Å². The van der Waals surface area contributed by atoms with E-state index in [2.05, 4.69) is 15.0 Å². The number of esters is 1. The smallest absolute Gasteiger partial charge is 0.449 e. The molecule has 1 atom stereocenters. The van der Waals surface area contributed by atoms with Crippen molar-refractivity contribution in [2.45, 2.75) is 19.4 Å². The summed E-state index contributed by atoms with van der Waals surface area (Å²) in [5.74, 6) is -1.72. The number of alkyl halides is 3. The molecule has 1 heterocycles. The van der Waals surface area contributed by atoms with Crippen LogP contribution in [0.4, 0.5) is 18.9 Å². The van der Waals surface area contributed by atoms with Crippen LogP contribution >= 0.6 is 11.3 Å². The van der Waals surface area contributed by atoms with E-state index in [9.17, 15) is 22.8 Å². The van der Waals surface area contributed by atoms with Gasteiger partial charge in [0.2, 0.25) is 0 Å². The van der Waals surface area contributed by atoms with Crippen molar-refractivity contribution < 1.29 is 32.2 Å². The van der Waals surface area contributed by atoms with E-state index >= 15 is 0 Å². The van der Waals surface area contributed by atoms with Crippen molar-refractivity contribution >= 4 is 39.1 Å². The molecule has 0 bridgehead atoms. The third kappa shape index (κ3) is 4.97. The van der Waals surface area contributed by atoms with Gasteiger partial charge in [-0.25, -0.2) is 9.78 Å². The van der Waals surface area contributed by atoms with Gasteiger partial charge in [0, 0.05) is 5.69 Å². The van der Waals surface area contributed by atoms with Crippen LogP contribution in [0.3, 0.4) is 0 Å². The van der Waals surface area contributed by atoms with Gasteiger partial charge in [-0.2, -0.15) is 0 Å². The number of benzene rings is 2. The fourth-order valence-electron chi connectivity index (χ4n) is 2.25. The molecule has 0 aliphatic rings. The summed E-state index contributed by atoms with van der Waals surface area (Å²) < 4.78 is 46.1. The number of carbonyl (C=O) groups excluding carboxylic acids is 2. The zero-order chi connectivity index (χ0) is 20.3. The molecule has 0 saturated heterocycles. The fraction of sp³-hybridized carbons (Fsp3) is 0.167. The Hall–Kier alpha value is -3.14. The molecule has 0 aliphatic heterocycles. The van der Waals surface area contributed by atoms with Gasteiger partial charge in [0.1, 0.15) is 5.75 Å². The number of ether oxygens (including phenoxy) is 2. The molecule has 1 unspecified atom stereocenters. The number of fused-ring (bicyclic) bond motifs is 1. The van der Waals surface area contributed by atoms with Gasteiger partial charge in [-0.15, -0.1) is 24.5 Å². The van der Waals surface area contributed by atoms with E-state index in [4.69, 9.17) is 4.74 Å². The molecule has 0 aliphatic carbocycles. The Bertz CT molecular complexity index is 1000. The Morgan fingerprint density at radius 1 is 1.14 bits per heavy atom. The molecule has 0 radical (unpaired) electrons. The SMILES string of the molecule is CC(OC(=O)c1ccc2ncsc2c1)C(=O)Nc1ccc(OC(F)(F)F)cc1. The molecule has 1 N–H and O–H groups in total. The Balaban J connectivity index is 1.58. The molecule has 2 aromatic carbocycles. The zero-order valence-electron chi connectivity index (χ0n) is 14.3. The molecule has 3 aromatic rings. The van der Waals surface area contributed by atoms with Crippen LogP contribution in [0, 0.1) is 0 Å². The topological polar surface area (TPSA) is 77.5 Å². The van der Waals surface area contributed by atoms with Gasteiger partial charge in [0.15, 0.2) is 6.10 Å². The minimum Gasteiger partial charge on any atom is -0.449 e. The standard InChI is InChI=1S/C18H13F3N2O4S/c1-10(26-17(25)11-2-7-14-15(8-11)28-9-22-14)16(24)23-12-3-5-13(6-4-12)27-18(19,20)21/h2-10H,1H3,(H,23,24). The highest BCUT2D eigenvalue weighted by molar-refractivity contribution is 7.16. The highest BCUT2D eigenvalue weighted by atomic mass is 32.1. The molecule has 3 rings (SSSR count). The van der Waals surface area contributed by atoms with Crippen LogP contribution in [0.2, 0.25) is 0 Å². The molecule has 0 saturated carbocycles. The first-order valence-electron chi connectivity index (χ1n) is 7.92. The van der Waals surface area contributed by atoms with Gasteiger partial charge in [-0.3, -0.25) is 4.79 Å². The molecule has 1 amide bonds. The number of carbonyl (C=O) groups is 2. The zero-order valence-corrected chi connectivity index (χ0v) is 15.1. The Kier molecular flexibility index (Phi) is 5.50. The normalized spacial score (nSPS) is 12.4. The summed E-state index contributed by atoms with van der Waals surface area (Å²) in [5.41, 5.74) is 2.92. The maximum Gasteiger partial charge on any atom is 0.573 e. The summed E-state index contributed by atoms with van der Waals surface area (Å²) in [4.78, 5) is 28.5. The second kappa shape index (κ2) is 7.85. The third-order valence-corrected chi connectivity index (χ3v) is 4.37. The average molecular weight is 410 g/mol. The van der Waals surface area contributed by atoms with Crippen LogP contribution in [0.1, 0.15) is 17.3 Å². The number of halogens is 3. The van der Waals surface area contributed by atoms with E-state index in [-0.39, 0.29) is 11.3 Å². The predicted molar refractivity (Wildman–Crippen MR) is 96.3 cm³/mol. The van der Waals surface area contributed by atoms with Crippen molar-refractivity contribution in [2.75, 3.05) is 5.32 Å². The van der Waals surface area contributed by atoms with Crippen LogP contribution in [0.5, 0.6) is 5.75 Å². The first-order valence-corrected chi connectivity index (χ1v) is 8.80. The van der Waals surface area contributed by atoms with Crippen LogP contribution in [-0.2, 0) is 9.53 Å². The first kappa shape index (κ1) is 19.6. The summed E-state index contributed by atoms with van der Waals surface area (Å²) in [7, 11) is 0. The Morgan fingerprint density at radius 3 is 2.54 bits per heavy atom. The highest BCUT2D eigenvalue weighted by Crippen LogP contribution is 2.24. The van der Waals surface area contributed by atoms with Crippen molar-refractivity contribution in [3.8, 4) is 5.75 Å². The van der Waals surface area contributed by atoms with E-state index in [1.807, 2.05) is 0 Å². The monoisotopic (exact) mass is 410 g/mol. The number of aromatic nitrogens is 1. The second-order valence-corrected chi connectivity index (χ2v) is 6.53. The number of hydrogen-bond acceptors (Lipinski definition) is 6. The van der Waals surface area contributed by atoms with Crippen molar-refractivity contribution in [3.05, 3.63) is 53.5 Å². The average Bonchev–Trinajstić information content (AvgIpc) is 3.09. The van der Waals surface area contributed by atoms with Gasteiger partial charge >= 0.3 is 12.3 Å². The molecule has 0 fully saturated rings. The van der Waals surface area contributed by atoms with Gasteiger partial charge in [0.05, 0.1) is 21.3 Å². The van der Waals surface area contributed by atoms with Gasteiger partial charge in [-0.05, 0) is 49.4 Å². The number of rotatable bonds is 5. The first-order chi connectivity index (χ1) is 13.2. The van der Waals surface area contributed by atoms with Gasteiger partial charge in [0.25, 0.3) is 5.91 Å². The number of thiazole rings is 1. The lowest BCUT2D eigenvalue weighted by Gasteiger charge is -2.14. The summed E-state index contributed by atoms with van der Waals surface area (Å²) >= 11 is 1.37. The molecule has 1 aromatic heterocycles. The number of nitrogens with one attached hydrogen (secondary N) is 1. The van der Waals surface area contributed by atoms with Crippen molar-refractivity contribution in [1.29, 1.82) is 0 Å². The molecular weight excluding hydrogens is 397 g/mol. The van der Waals surface area contributed by atoms with Crippen molar-refractivity contribution in [2.24, 2.45) is 0 Å². The lowest BCUT2D eigenvalue weighted by Crippen LogP contribution is -2.30. The van der Waals surface area contributed by atoms with E-state index < -0.39 is 30.1 Å². The molecule has 28 heavy (non-hydrogen) atoms. The quantitative estimate of drug-likeness (QED) is 0.632. The Labute approximate surface area is 160 Å².